The molecule has 2 aromatic rings. The van der Waals surface area contributed by atoms with Crippen LogP contribution in [0.1, 0.15) is 56.2 Å². The molecule has 0 saturated carbocycles. The van der Waals surface area contributed by atoms with Gasteiger partial charge in [-0.15, -0.1) is 0 Å². The fourth-order valence-electron chi connectivity index (χ4n) is 3.04. The molecule has 0 unspecified atom stereocenters. The van der Waals surface area contributed by atoms with Crippen LogP contribution in [0.2, 0.25) is 0 Å². The number of nitrogens with one attached hydrogen (secondary N) is 2. The zero-order valence-corrected chi connectivity index (χ0v) is 18.3. The molecule has 0 aliphatic rings. The van der Waals surface area contributed by atoms with Crippen molar-refractivity contribution >= 4 is 27.6 Å². The lowest BCUT2D eigenvalue weighted by atomic mass is 9.93. The molecule has 27 heavy (non-hydrogen) atoms. The maximum atomic E-state index is 12.5. The first-order valence-corrected chi connectivity index (χ1v) is 10.1. The topological polar surface area (TPSA) is 50.4 Å². The van der Waals surface area contributed by atoms with Gasteiger partial charge in [0.25, 0.3) is 0 Å². The summed E-state index contributed by atoms with van der Waals surface area (Å²) in [5.74, 6) is 1.49. The van der Waals surface area contributed by atoms with Crippen LogP contribution in [-0.2, 0) is 6.42 Å². The molecule has 2 aromatic carbocycles. The average Bonchev–Trinajstić information content (AvgIpc) is 2.61. The van der Waals surface area contributed by atoms with E-state index in [1.54, 1.807) is 7.11 Å². The first kappa shape index (κ1) is 21.3. The molecular weight excluding hydrogens is 404 g/mol. The molecule has 5 heteroatoms. The maximum Gasteiger partial charge on any atom is 0.319 e. The van der Waals surface area contributed by atoms with Crippen LogP contribution in [0, 0.1) is 0 Å². The van der Waals surface area contributed by atoms with Crippen molar-refractivity contribution in [2.24, 2.45) is 0 Å². The van der Waals surface area contributed by atoms with E-state index in [9.17, 15) is 4.79 Å². The third kappa shape index (κ3) is 5.73. The van der Waals surface area contributed by atoms with E-state index in [1.165, 1.54) is 0 Å². The predicted molar refractivity (Wildman–Crippen MR) is 116 cm³/mol. The summed E-state index contributed by atoms with van der Waals surface area (Å²) in [6, 6.07) is 12.0. The van der Waals surface area contributed by atoms with Crippen LogP contribution in [0.3, 0.4) is 0 Å². The lowest BCUT2D eigenvalue weighted by molar-refractivity contribution is 0.252. The first-order valence-electron chi connectivity index (χ1n) is 9.33. The summed E-state index contributed by atoms with van der Waals surface area (Å²) in [7, 11) is 1.64. The zero-order valence-electron chi connectivity index (χ0n) is 16.7. The van der Waals surface area contributed by atoms with Crippen LogP contribution >= 0.6 is 15.9 Å². The Morgan fingerprint density at radius 2 is 1.70 bits per heavy atom. The van der Waals surface area contributed by atoms with Gasteiger partial charge < -0.3 is 15.4 Å². The van der Waals surface area contributed by atoms with E-state index in [4.69, 9.17) is 4.74 Å². The number of methoxy groups -OCH3 is 1. The fraction of sp³-hybridized carbons (Fsp3) is 0.409. The Balaban J connectivity index is 2.01. The molecule has 0 fully saturated rings. The van der Waals surface area contributed by atoms with Gasteiger partial charge in [-0.05, 0) is 63.0 Å². The van der Waals surface area contributed by atoms with Crippen molar-refractivity contribution in [3.8, 4) is 5.75 Å². The second-order valence-corrected chi connectivity index (χ2v) is 8.08. The normalized spacial score (nSPS) is 11.0. The van der Waals surface area contributed by atoms with Gasteiger partial charge >= 0.3 is 6.03 Å². The molecule has 0 aliphatic carbocycles. The van der Waals surface area contributed by atoms with E-state index in [-0.39, 0.29) is 6.03 Å². The largest absolute Gasteiger partial charge is 0.496 e. The van der Waals surface area contributed by atoms with E-state index < -0.39 is 0 Å². The van der Waals surface area contributed by atoms with Gasteiger partial charge in [0, 0.05) is 12.2 Å². The minimum Gasteiger partial charge on any atom is -0.496 e. The third-order valence-corrected chi connectivity index (χ3v) is 5.15. The Labute approximate surface area is 170 Å². The fourth-order valence-corrected chi connectivity index (χ4v) is 3.63. The number of para-hydroxylation sites is 1. The van der Waals surface area contributed by atoms with Gasteiger partial charge in [0.2, 0.25) is 0 Å². The van der Waals surface area contributed by atoms with Gasteiger partial charge in [0.15, 0.2) is 0 Å². The summed E-state index contributed by atoms with van der Waals surface area (Å²) in [4.78, 5) is 12.5. The highest BCUT2D eigenvalue weighted by Gasteiger charge is 2.15. The lowest BCUT2D eigenvalue weighted by Gasteiger charge is -2.20. The minimum absolute atomic E-state index is 0.169. The van der Waals surface area contributed by atoms with Gasteiger partial charge in [0.05, 0.1) is 11.6 Å². The molecule has 2 N–H and O–H groups in total. The molecule has 4 nitrogen and oxygen atoms in total. The Morgan fingerprint density at radius 3 is 2.22 bits per heavy atom. The number of benzene rings is 2. The molecule has 0 radical (unpaired) electrons. The molecular formula is C22H29BrN2O2. The molecule has 146 valence electrons. The second kappa shape index (κ2) is 9.79. The van der Waals surface area contributed by atoms with E-state index in [2.05, 4.69) is 72.5 Å². The Kier molecular flexibility index (Phi) is 7.72. The molecule has 2 rings (SSSR count). The van der Waals surface area contributed by atoms with E-state index in [1.807, 2.05) is 18.2 Å². The number of carbonyl (C=O) groups is 1. The van der Waals surface area contributed by atoms with Crippen LogP contribution in [-0.4, -0.2) is 19.7 Å². The van der Waals surface area contributed by atoms with Crippen molar-refractivity contribution < 1.29 is 9.53 Å². The number of urea groups is 1. The van der Waals surface area contributed by atoms with Crippen molar-refractivity contribution in [2.45, 2.75) is 46.0 Å². The number of halogens is 1. The number of amides is 2. The van der Waals surface area contributed by atoms with E-state index in [0.29, 0.717) is 18.4 Å². The van der Waals surface area contributed by atoms with Gasteiger partial charge in [-0.2, -0.15) is 0 Å². The van der Waals surface area contributed by atoms with Crippen molar-refractivity contribution in [3.05, 3.63) is 57.6 Å². The number of hydrogen-bond donors (Lipinski definition) is 2. The van der Waals surface area contributed by atoms with Crippen LogP contribution in [0.25, 0.3) is 0 Å². The number of rotatable bonds is 7. The Morgan fingerprint density at radius 1 is 1.07 bits per heavy atom. The summed E-state index contributed by atoms with van der Waals surface area (Å²) >= 11 is 3.49. The van der Waals surface area contributed by atoms with Crippen molar-refractivity contribution in [3.63, 3.8) is 0 Å². The molecule has 0 aromatic heterocycles. The van der Waals surface area contributed by atoms with Crippen LogP contribution in [0.4, 0.5) is 10.5 Å². The summed E-state index contributed by atoms with van der Waals surface area (Å²) < 4.78 is 6.16. The molecule has 0 atom stereocenters. The quantitative estimate of drug-likeness (QED) is 0.557. The number of ether oxygens (including phenoxy) is 1. The van der Waals surface area contributed by atoms with Gasteiger partial charge in [-0.25, -0.2) is 4.79 Å². The summed E-state index contributed by atoms with van der Waals surface area (Å²) in [6.07, 6.45) is 0.749. The summed E-state index contributed by atoms with van der Waals surface area (Å²) in [6.45, 7) is 9.13. The Bertz CT molecular complexity index is 762. The molecule has 0 saturated heterocycles. The molecule has 0 heterocycles. The molecule has 2 amide bonds. The SMILES string of the molecule is COc1ccc(CCNC(=O)Nc2c(C(C)C)cccc2C(C)C)cc1Br. The van der Waals surface area contributed by atoms with E-state index in [0.717, 1.165) is 39.0 Å². The minimum atomic E-state index is -0.169. The number of hydrogen-bond acceptors (Lipinski definition) is 2. The van der Waals surface area contributed by atoms with Crippen LogP contribution in [0.15, 0.2) is 40.9 Å². The van der Waals surface area contributed by atoms with E-state index >= 15 is 0 Å². The smallest absolute Gasteiger partial charge is 0.319 e. The molecule has 0 bridgehead atoms. The Hall–Kier alpha value is -2.01. The first-order chi connectivity index (χ1) is 12.8. The maximum absolute atomic E-state index is 12.5. The number of carbonyl (C=O) groups excluding carboxylic acids is 1. The zero-order chi connectivity index (χ0) is 20.0. The molecule has 0 spiro atoms. The average molecular weight is 433 g/mol. The van der Waals surface area contributed by atoms with Crippen LogP contribution in [0.5, 0.6) is 5.75 Å². The van der Waals surface area contributed by atoms with Gasteiger partial charge in [0.1, 0.15) is 5.75 Å². The monoisotopic (exact) mass is 432 g/mol. The van der Waals surface area contributed by atoms with Gasteiger partial charge in [-0.1, -0.05) is 52.0 Å². The van der Waals surface area contributed by atoms with Crippen molar-refractivity contribution in [1.29, 1.82) is 0 Å². The lowest BCUT2D eigenvalue weighted by Crippen LogP contribution is -2.31. The highest BCUT2D eigenvalue weighted by atomic mass is 79.9. The highest BCUT2D eigenvalue weighted by molar-refractivity contribution is 9.10. The number of anilines is 1. The summed E-state index contributed by atoms with van der Waals surface area (Å²) in [5.41, 5.74) is 4.39. The third-order valence-electron chi connectivity index (χ3n) is 4.53. The predicted octanol–water partition coefficient (Wildman–Crippen LogP) is 6.07. The highest BCUT2D eigenvalue weighted by Crippen LogP contribution is 2.32. The van der Waals surface area contributed by atoms with Gasteiger partial charge in [-0.3, -0.25) is 0 Å². The van der Waals surface area contributed by atoms with Crippen molar-refractivity contribution in [2.75, 3.05) is 19.0 Å². The summed E-state index contributed by atoms with van der Waals surface area (Å²) in [5, 5.41) is 6.04. The van der Waals surface area contributed by atoms with Crippen LogP contribution < -0.4 is 15.4 Å². The standard InChI is InChI=1S/C22H29BrN2O2/c1-14(2)17-7-6-8-18(15(3)4)21(17)25-22(26)24-12-11-16-9-10-20(27-5)19(23)13-16/h6-10,13-15H,11-12H2,1-5H3,(H2,24,25,26). The second-order valence-electron chi connectivity index (χ2n) is 7.22. The van der Waals surface area contributed by atoms with Crippen molar-refractivity contribution in [1.82, 2.24) is 5.32 Å². The molecule has 0 aliphatic heterocycles.